The molecule has 1 heterocycles. The molecule has 2 aromatic rings. The van der Waals surface area contributed by atoms with E-state index in [1.54, 1.807) is 0 Å². The van der Waals surface area contributed by atoms with Crippen LogP contribution in [0.3, 0.4) is 0 Å². The number of benzene rings is 2. The van der Waals surface area contributed by atoms with Crippen molar-refractivity contribution < 1.29 is 5.11 Å². The van der Waals surface area contributed by atoms with Crippen LogP contribution in [0.1, 0.15) is 18.1 Å². The monoisotopic (exact) mass is 311 g/mol. The highest BCUT2D eigenvalue weighted by molar-refractivity contribution is 5.48. The average molecular weight is 311 g/mol. The van der Waals surface area contributed by atoms with Crippen molar-refractivity contribution in [2.24, 2.45) is 0 Å². The number of nitrogen functional groups attached to an aromatic ring is 1. The lowest BCUT2D eigenvalue weighted by molar-refractivity contribution is 0.140. The molecule has 0 radical (unpaired) electrons. The van der Waals surface area contributed by atoms with Gasteiger partial charge in [0.05, 0.1) is 6.10 Å². The van der Waals surface area contributed by atoms with Crippen LogP contribution in [-0.4, -0.2) is 42.7 Å². The Labute approximate surface area is 138 Å². The normalized spacial score (nSPS) is 17.2. The molecule has 3 rings (SSSR count). The molecule has 1 saturated heterocycles. The van der Waals surface area contributed by atoms with Crippen molar-refractivity contribution in [3.05, 3.63) is 60.2 Å². The van der Waals surface area contributed by atoms with Gasteiger partial charge in [-0.2, -0.15) is 0 Å². The van der Waals surface area contributed by atoms with Gasteiger partial charge in [-0.05, 0) is 24.6 Å². The van der Waals surface area contributed by atoms with Gasteiger partial charge in [0.25, 0.3) is 0 Å². The average Bonchev–Trinajstić information content (AvgIpc) is 2.61. The predicted octanol–water partition coefficient (Wildman–Crippen LogP) is 2.51. The zero-order chi connectivity index (χ0) is 16.1. The molecule has 0 bridgehead atoms. The molecular formula is C19H25N3O. The minimum Gasteiger partial charge on any atom is -0.398 e. The van der Waals surface area contributed by atoms with Crippen molar-refractivity contribution in [3.8, 4) is 0 Å². The Hall–Kier alpha value is -2.04. The molecule has 1 fully saturated rings. The summed E-state index contributed by atoms with van der Waals surface area (Å²) in [6, 6.07) is 18.1. The van der Waals surface area contributed by atoms with E-state index in [4.69, 9.17) is 5.73 Å². The minimum atomic E-state index is -0.483. The highest BCUT2D eigenvalue weighted by Gasteiger charge is 2.18. The zero-order valence-electron chi connectivity index (χ0n) is 13.4. The van der Waals surface area contributed by atoms with E-state index in [2.05, 4.69) is 40.1 Å². The quantitative estimate of drug-likeness (QED) is 0.833. The Morgan fingerprint density at radius 1 is 0.913 bits per heavy atom. The third-order valence-corrected chi connectivity index (χ3v) is 4.57. The standard InChI is InChI=1S/C19H25N3O/c20-18-9-5-4-8-17(18)19(23)10-11-21-12-14-22(15-13-21)16-6-2-1-3-7-16/h1-9,19,23H,10-15,20H2. The van der Waals surface area contributed by atoms with Gasteiger partial charge in [0, 0.05) is 49.7 Å². The summed E-state index contributed by atoms with van der Waals surface area (Å²) >= 11 is 0. The molecule has 0 aromatic heterocycles. The van der Waals surface area contributed by atoms with Gasteiger partial charge in [0.2, 0.25) is 0 Å². The SMILES string of the molecule is Nc1ccccc1C(O)CCN1CCN(c2ccccc2)CC1. The van der Waals surface area contributed by atoms with Gasteiger partial charge in [0.1, 0.15) is 0 Å². The van der Waals surface area contributed by atoms with Crippen LogP contribution in [0, 0.1) is 0 Å². The lowest BCUT2D eigenvalue weighted by Gasteiger charge is -2.36. The number of aliphatic hydroxyl groups is 1. The smallest absolute Gasteiger partial charge is 0.0822 e. The van der Waals surface area contributed by atoms with Crippen molar-refractivity contribution in [2.75, 3.05) is 43.4 Å². The Kier molecular flexibility index (Phi) is 5.16. The fraction of sp³-hybridized carbons (Fsp3) is 0.368. The van der Waals surface area contributed by atoms with E-state index >= 15 is 0 Å². The largest absolute Gasteiger partial charge is 0.398 e. The summed E-state index contributed by atoms with van der Waals surface area (Å²) in [7, 11) is 0. The molecule has 1 aliphatic heterocycles. The van der Waals surface area contributed by atoms with Crippen LogP contribution >= 0.6 is 0 Å². The van der Waals surface area contributed by atoms with Crippen molar-refractivity contribution in [1.29, 1.82) is 0 Å². The zero-order valence-corrected chi connectivity index (χ0v) is 13.4. The molecule has 2 aromatic carbocycles. The minimum absolute atomic E-state index is 0.483. The molecule has 0 aliphatic carbocycles. The van der Waals surface area contributed by atoms with Crippen molar-refractivity contribution >= 4 is 11.4 Å². The predicted molar refractivity (Wildman–Crippen MR) is 95.5 cm³/mol. The number of para-hydroxylation sites is 2. The maximum Gasteiger partial charge on any atom is 0.0822 e. The highest BCUT2D eigenvalue weighted by Crippen LogP contribution is 2.23. The van der Waals surface area contributed by atoms with Crippen molar-refractivity contribution in [3.63, 3.8) is 0 Å². The van der Waals surface area contributed by atoms with Gasteiger partial charge >= 0.3 is 0 Å². The molecule has 122 valence electrons. The number of nitrogens with zero attached hydrogens (tertiary/aromatic N) is 2. The third-order valence-electron chi connectivity index (χ3n) is 4.57. The lowest BCUT2D eigenvalue weighted by Crippen LogP contribution is -2.46. The summed E-state index contributed by atoms with van der Waals surface area (Å²) in [6.07, 6.45) is 0.239. The topological polar surface area (TPSA) is 52.7 Å². The van der Waals surface area contributed by atoms with Gasteiger partial charge in [-0.15, -0.1) is 0 Å². The van der Waals surface area contributed by atoms with Crippen LogP contribution in [0.15, 0.2) is 54.6 Å². The second kappa shape index (κ2) is 7.49. The Morgan fingerprint density at radius 3 is 2.26 bits per heavy atom. The van der Waals surface area contributed by atoms with Crippen LogP contribution < -0.4 is 10.6 Å². The Balaban J connectivity index is 1.47. The van der Waals surface area contributed by atoms with E-state index in [0.717, 1.165) is 44.7 Å². The number of anilines is 2. The molecule has 0 amide bonds. The molecule has 1 atom stereocenters. The molecule has 0 spiro atoms. The number of piperazine rings is 1. The van der Waals surface area contributed by atoms with Gasteiger partial charge in [-0.25, -0.2) is 0 Å². The van der Waals surface area contributed by atoms with Crippen molar-refractivity contribution in [2.45, 2.75) is 12.5 Å². The molecule has 23 heavy (non-hydrogen) atoms. The maximum atomic E-state index is 10.3. The molecule has 1 aliphatic rings. The van der Waals surface area contributed by atoms with E-state index in [1.165, 1.54) is 5.69 Å². The summed E-state index contributed by atoms with van der Waals surface area (Å²) in [4.78, 5) is 4.84. The van der Waals surface area contributed by atoms with Gasteiger partial charge in [-0.3, -0.25) is 4.90 Å². The summed E-state index contributed by atoms with van der Waals surface area (Å²) in [5.74, 6) is 0. The second-order valence-electron chi connectivity index (χ2n) is 6.10. The molecule has 1 unspecified atom stereocenters. The van der Waals surface area contributed by atoms with Crippen LogP contribution in [0.2, 0.25) is 0 Å². The highest BCUT2D eigenvalue weighted by atomic mass is 16.3. The van der Waals surface area contributed by atoms with E-state index in [1.807, 2.05) is 24.3 Å². The van der Waals surface area contributed by atoms with E-state index in [9.17, 15) is 5.11 Å². The van der Waals surface area contributed by atoms with Crippen LogP contribution in [0.4, 0.5) is 11.4 Å². The van der Waals surface area contributed by atoms with Gasteiger partial charge in [0.15, 0.2) is 0 Å². The first-order valence-corrected chi connectivity index (χ1v) is 8.29. The first-order valence-electron chi connectivity index (χ1n) is 8.29. The lowest BCUT2D eigenvalue weighted by atomic mass is 10.0. The van der Waals surface area contributed by atoms with Gasteiger partial charge in [-0.1, -0.05) is 36.4 Å². The summed E-state index contributed by atoms with van der Waals surface area (Å²) in [5, 5.41) is 10.3. The summed E-state index contributed by atoms with van der Waals surface area (Å²) in [6.45, 7) is 5.04. The van der Waals surface area contributed by atoms with E-state index in [0.29, 0.717) is 5.69 Å². The number of aliphatic hydroxyl groups excluding tert-OH is 1. The molecule has 0 saturated carbocycles. The van der Waals surface area contributed by atoms with Crippen LogP contribution in [0.5, 0.6) is 0 Å². The number of nitrogens with two attached hydrogens (primary N) is 1. The molecular weight excluding hydrogens is 286 g/mol. The fourth-order valence-electron chi connectivity index (χ4n) is 3.14. The van der Waals surface area contributed by atoms with Crippen LogP contribution in [-0.2, 0) is 0 Å². The summed E-state index contributed by atoms with van der Waals surface area (Å²) in [5.41, 5.74) is 8.75. The first-order chi connectivity index (χ1) is 11.2. The maximum absolute atomic E-state index is 10.3. The van der Waals surface area contributed by atoms with Crippen molar-refractivity contribution in [1.82, 2.24) is 4.90 Å². The third kappa shape index (κ3) is 4.03. The molecule has 3 N–H and O–H groups in total. The van der Waals surface area contributed by atoms with E-state index in [-0.39, 0.29) is 0 Å². The van der Waals surface area contributed by atoms with Crippen LogP contribution in [0.25, 0.3) is 0 Å². The second-order valence-corrected chi connectivity index (χ2v) is 6.10. The number of rotatable bonds is 5. The first kappa shape index (κ1) is 15.8. The number of hydrogen-bond donors (Lipinski definition) is 2. The summed E-state index contributed by atoms with van der Waals surface area (Å²) < 4.78 is 0. The Bertz CT molecular complexity index is 609. The fourth-order valence-corrected chi connectivity index (χ4v) is 3.14. The van der Waals surface area contributed by atoms with Gasteiger partial charge < -0.3 is 15.7 Å². The molecule has 4 heteroatoms. The Morgan fingerprint density at radius 2 is 1.57 bits per heavy atom. The number of hydrogen-bond acceptors (Lipinski definition) is 4. The molecule has 4 nitrogen and oxygen atoms in total. The van der Waals surface area contributed by atoms with E-state index < -0.39 is 6.10 Å².